The van der Waals surface area contributed by atoms with Crippen LogP contribution in [0.15, 0.2) is 54.9 Å². The minimum Gasteiger partial charge on any atom is -0.495 e. The second-order valence-corrected chi connectivity index (χ2v) is 13.1. The fourth-order valence-corrected chi connectivity index (χ4v) is 7.39. The lowest BCUT2D eigenvalue weighted by molar-refractivity contribution is 0.0981. The third kappa shape index (κ3) is 6.22. The molecule has 2 aliphatic rings. The average molecular weight is 640 g/mol. The number of halogens is 1. The van der Waals surface area contributed by atoms with Crippen LogP contribution in [0.2, 0.25) is 5.02 Å². The van der Waals surface area contributed by atoms with Crippen molar-refractivity contribution < 1.29 is 17.3 Å². The van der Waals surface area contributed by atoms with Gasteiger partial charge in [-0.25, -0.2) is 13.9 Å². The molecule has 4 heterocycles. The number of benzene rings is 2. The second kappa shape index (κ2) is 12.9. The highest BCUT2D eigenvalue weighted by Gasteiger charge is 2.28. The van der Waals surface area contributed by atoms with Crippen molar-refractivity contribution in [2.75, 3.05) is 70.2 Å². The first-order valence-corrected chi connectivity index (χ1v) is 16.7. The standard InChI is InChI=1S/C31H38ClN7O4S/c1-4-43-44(40,41)39-21-25(24-7-5-6-8-27(24)39)30-26(32)20-33-31(35-30)34-22-9-10-28(29(19-22)42-3)38-13-11-23(12-14-38)37-17-15-36(2)16-18-37/h5-10,19-21,23H,4,11-18H2,1-3H3,(H,33,34,35). The summed E-state index contributed by atoms with van der Waals surface area (Å²) in [5.41, 5.74) is 3.24. The highest BCUT2D eigenvalue weighted by atomic mass is 35.5. The number of piperidine rings is 1. The number of fused-ring (bicyclic) bond motifs is 1. The molecule has 4 aromatic rings. The normalized spacial score (nSPS) is 17.3. The molecule has 0 atom stereocenters. The molecule has 0 amide bonds. The van der Waals surface area contributed by atoms with Gasteiger partial charge in [0.2, 0.25) is 5.95 Å². The minimum absolute atomic E-state index is 0.0175. The van der Waals surface area contributed by atoms with Crippen LogP contribution in [0.3, 0.4) is 0 Å². The number of ether oxygens (including phenoxy) is 1. The highest BCUT2D eigenvalue weighted by molar-refractivity contribution is 7.85. The van der Waals surface area contributed by atoms with Crippen LogP contribution in [0, 0.1) is 0 Å². The Morgan fingerprint density at radius 2 is 1.80 bits per heavy atom. The van der Waals surface area contributed by atoms with Crippen molar-refractivity contribution >= 4 is 50.1 Å². The van der Waals surface area contributed by atoms with Gasteiger partial charge in [0.15, 0.2) is 0 Å². The quantitative estimate of drug-likeness (QED) is 0.273. The Labute approximate surface area is 263 Å². The van der Waals surface area contributed by atoms with Gasteiger partial charge in [-0.15, -0.1) is 0 Å². The van der Waals surface area contributed by atoms with Crippen molar-refractivity contribution in [3.63, 3.8) is 0 Å². The van der Waals surface area contributed by atoms with Gasteiger partial charge in [-0.3, -0.25) is 9.08 Å². The lowest BCUT2D eigenvalue weighted by atomic mass is 10.0. The van der Waals surface area contributed by atoms with Crippen molar-refractivity contribution in [1.29, 1.82) is 0 Å². The Morgan fingerprint density at radius 1 is 1.05 bits per heavy atom. The predicted octanol–water partition coefficient (Wildman–Crippen LogP) is 4.85. The Hall–Kier alpha value is -3.42. The van der Waals surface area contributed by atoms with Crippen molar-refractivity contribution in [2.45, 2.75) is 25.8 Å². The number of likely N-dealkylation sites (N-methyl/N-ethyl adjacent to an activating group) is 1. The first-order valence-electron chi connectivity index (χ1n) is 14.9. The van der Waals surface area contributed by atoms with Gasteiger partial charge in [-0.2, -0.15) is 8.42 Å². The van der Waals surface area contributed by atoms with E-state index in [9.17, 15) is 8.42 Å². The maximum atomic E-state index is 12.8. The molecule has 0 saturated carbocycles. The van der Waals surface area contributed by atoms with Crippen LogP contribution in [-0.4, -0.2) is 98.2 Å². The molecule has 234 valence electrons. The summed E-state index contributed by atoms with van der Waals surface area (Å²) in [6.07, 6.45) is 5.26. The Kier molecular flexibility index (Phi) is 8.97. The predicted molar refractivity (Wildman–Crippen MR) is 174 cm³/mol. The smallest absolute Gasteiger partial charge is 0.366 e. The molecule has 0 aliphatic carbocycles. The molecule has 2 fully saturated rings. The van der Waals surface area contributed by atoms with Crippen molar-refractivity contribution in [2.24, 2.45) is 0 Å². The lowest BCUT2D eigenvalue weighted by Crippen LogP contribution is -2.52. The van der Waals surface area contributed by atoms with Gasteiger partial charge in [-0.1, -0.05) is 29.8 Å². The van der Waals surface area contributed by atoms with Crippen molar-refractivity contribution in [3.8, 4) is 17.0 Å². The van der Waals surface area contributed by atoms with Gasteiger partial charge >= 0.3 is 10.3 Å². The molecule has 2 aromatic carbocycles. The number of rotatable bonds is 9. The summed E-state index contributed by atoms with van der Waals surface area (Å²) < 4.78 is 37.6. The lowest BCUT2D eigenvalue weighted by Gasteiger charge is -2.42. The number of hydrogen-bond acceptors (Lipinski definition) is 10. The molecule has 11 nitrogen and oxygen atoms in total. The van der Waals surface area contributed by atoms with E-state index in [1.165, 1.54) is 12.4 Å². The maximum absolute atomic E-state index is 12.8. The first kappa shape index (κ1) is 30.6. The van der Waals surface area contributed by atoms with Crippen LogP contribution in [0.5, 0.6) is 5.75 Å². The van der Waals surface area contributed by atoms with E-state index in [1.54, 1.807) is 26.2 Å². The van der Waals surface area contributed by atoms with Crippen LogP contribution in [0.25, 0.3) is 22.2 Å². The summed E-state index contributed by atoms with van der Waals surface area (Å²) >= 11 is 6.57. The number of hydrogen-bond donors (Lipinski definition) is 1. The second-order valence-electron chi connectivity index (χ2n) is 11.2. The van der Waals surface area contributed by atoms with Gasteiger partial charge in [0.05, 0.1) is 41.8 Å². The molecule has 0 spiro atoms. The minimum atomic E-state index is -4.04. The van der Waals surface area contributed by atoms with Gasteiger partial charge in [0.25, 0.3) is 0 Å². The zero-order chi connectivity index (χ0) is 30.8. The largest absolute Gasteiger partial charge is 0.495 e. The van der Waals surface area contributed by atoms with Crippen LogP contribution in [0.1, 0.15) is 19.8 Å². The van der Waals surface area contributed by atoms with Crippen LogP contribution in [0.4, 0.5) is 17.3 Å². The Morgan fingerprint density at radius 3 is 2.52 bits per heavy atom. The number of anilines is 3. The average Bonchev–Trinajstić information content (AvgIpc) is 3.43. The molecular formula is C31H38ClN7O4S. The van der Waals surface area contributed by atoms with E-state index in [2.05, 4.69) is 38.1 Å². The molecule has 0 unspecified atom stereocenters. The summed E-state index contributed by atoms with van der Waals surface area (Å²) in [6, 6.07) is 13.8. The van der Waals surface area contributed by atoms with E-state index >= 15 is 0 Å². The number of piperazine rings is 1. The van der Waals surface area contributed by atoms with E-state index in [0.717, 1.165) is 73.2 Å². The van der Waals surface area contributed by atoms with Crippen LogP contribution in [-0.2, 0) is 14.5 Å². The fourth-order valence-electron chi connectivity index (χ4n) is 6.15. The number of nitrogens with zero attached hydrogens (tertiary/aromatic N) is 6. The Bertz CT molecular complexity index is 1730. The van der Waals surface area contributed by atoms with E-state index in [0.29, 0.717) is 39.2 Å². The summed E-state index contributed by atoms with van der Waals surface area (Å²) in [7, 11) is -0.156. The fraction of sp³-hybridized carbons (Fsp3) is 0.419. The van der Waals surface area contributed by atoms with Crippen molar-refractivity contribution in [3.05, 3.63) is 59.9 Å². The van der Waals surface area contributed by atoms with Crippen molar-refractivity contribution in [1.82, 2.24) is 23.7 Å². The summed E-state index contributed by atoms with van der Waals surface area (Å²) in [5, 5.41) is 4.23. The monoisotopic (exact) mass is 639 g/mol. The van der Waals surface area contributed by atoms with E-state index in [1.807, 2.05) is 24.3 Å². The molecular weight excluding hydrogens is 602 g/mol. The van der Waals surface area contributed by atoms with E-state index in [4.69, 9.17) is 25.5 Å². The highest BCUT2D eigenvalue weighted by Crippen LogP contribution is 2.37. The number of para-hydroxylation sites is 1. The molecule has 1 N–H and O–H groups in total. The van der Waals surface area contributed by atoms with Crippen LogP contribution >= 0.6 is 11.6 Å². The summed E-state index contributed by atoms with van der Waals surface area (Å²) in [6.45, 7) is 8.18. The van der Waals surface area contributed by atoms with E-state index < -0.39 is 10.3 Å². The third-order valence-corrected chi connectivity index (χ3v) is 10.1. The third-order valence-electron chi connectivity index (χ3n) is 8.48. The van der Waals surface area contributed by atoms with E-state index in [-0.39, 0.29) is 6.61 Å². The van der Waals surface area contributed by atoms with Gasteiger partial charge < -0.3 is 19.9 Å². The molecule has 44 heavy (non-hydrogen) atoms. The molecule has 2 saturated heterocycles. The zero-order valence-corrected chi connectivity index (χ0v) is 26.8. The zero-order valence-electron chi connectivity index (χ0n) is 25.2. The topological polar surface area (TPSA) is 105 Å². The molecule has 0 bridgehead atoms. The molecule has 6 rings (SSSR count). The van der Waals surface area contributed by atoms with Crippen LogP contribution < -0.4 is 15.0 Å². The Balaban J connectivity index is 1.22. The molecule has 0 radical (unpaired) electrons. The number of aromatic nitrogens is 3. The first-order chi connectivity index (χ1) is 21.3. The SMILES string of the molecule is CCOS(=O)(=O)n1cc(-c2nc(Nc3ccc(N4CCC(N5CCN(C)CC5)CC4)c(OC)c3)ncc2Cl)c2ccccc21. The maximum Gasteiger partial charge on any atom is 0.366 e. The van der Waals surface area contributed by atoms with Gasteiger partial charge in [-0.05, 0) is 45.0 Å². The molecule has 13 heteroatoms. The summed E-state index contributed by atoms with van der Waals surface area (Å²) in [5.74, 6) is 1.09. The number of nitrogens with one attached hydrogen (secondary N) is 1. The van der Waals surface area contributed by atoms with Gasteiger partial charge in [0, 0.05) is 74.2 Å². The number of methoxy groups -OCH3 is 1. The summed E-state index contributed by atoms with van der Waals surface area (Å²) in [4.78, 5) is 16.5. The molecule has 2 aromatic heterocycles. The van der Waals surface area contributed by atoms with Gasteiger partial charge in [0.1, 0.15) is 5.75 Å². The molecule has 2 aliphatic heterocycles.